The van der Waals surface area contributed by atoms with Gasteiger partial charge in [-0.3, -0.25) is 0 Å². The summed E-state index contributed by atoms with van der Waals surface area (Å²) in [6, 6.07) is 0. The molecule has 0 aliphatic rings. The summed E-state index contributed by atoms with van der Waals surface area (Å²) in [5.74, 6) is -4.81. The quantitative estimate of drug-likeness (QED) is 0.407. The van der Waals surface area contributed by atoms with Crippen molar-refractivity contribution in [1.82, 2.24) is 0 Å². The Bertz CT molecular complexity index is 378. The predicted octanol–water partition coefficient (Wildman–Crippen LogP) is 3.05. The lowest BCUT2D eigenvalue weighted by Gasteiger charge is -2.34. The van der Waals surface area contributed by atoms with Crippen LogP contribution in [-0.2, 0) is 10.1 Å². The first-order valence-corrected chi connectivity index (χ1v) is 8.27. The van der Waals surface area contributed by atoms with E-state index in [4.69, 9.17) is 0 Å². The molecular weight excluding hydrogens is 314 g/mol. The summed E-state index contributed by atoms with van der Waals surface area (Å²) in [6.07, 6.45) is -1.42. The molecule has 0 aliphatic carbocycles. The van der Waals surface area contributed by atoms with Crippen molar-refractivity contribution in [3.05, 3.63) is 0 Å². The fourth-order valence-electron chi connectivity index (χ4n) is 1.73. The van der Waals surface area contributed by atoms with E-state index in [1.165, 1.54) is 30.7 Å². The SMILES string of the molecule is CCC(F)(F)C(F)(F)S(=O)(=O)[O-].CC[N+](CC)(CC)CC. The number of nitrogens with zero attached hydrogens (tertiary/aromatic N) is 1. The van der Waals surface area contributed by atoms with Gasteiger partial charge in [0, 0.05) is 6.42 Å². The Labute approximate surface area is 124 Å². The van der Waals surface area contributed by atoms with Crippen molar-refractivity contribution in [2.24, 2.45) is 0 Å². The van der Waals surface area contributed by atoms with Crippen LogP contribution in [0, 0.1) is 0 Å². The first-order chi connectivity index (χ1) is 9.30. The topological polar surface area (TPSA) is 57.2 Å². The van der Waals surface area contributed by atoms with Crippen molar-refractivity contribution < 1.29 is 35.0 Å². The number of halogens is 4. The van der Waals surface area contributed by atoms with Gasteiger partial charge in [0.2, 0.25) is 0 Å². The molecule has 0 unspecified atom stereocenters. The first kappa shape index (κ1) is 22.9. The normalized spacial score (nSPS) is 13.6. The van der Waals surface area contributed by atoms with Crippen LogP contribution < -0.4 is 0 Å². The number of rotatable bonds is 7. The zero-order valence-electron chi connectivity index (χ0n) is 13.1. The van der Waals surface area contributed by atoms with Crippen LogP contribution in [-0.4, -0.2) is 54.8 Å². The van der Waals surface area contributed by atoms with E-state index in [1.54, 1.807) is 0 Å². The second-order valence-corrected chi connectivity index (χ2v) is 6.06. The van der Waals surface area contributed by atoms with Gasteiger partial charge in [-0.15, -0.1) is 0 Å². The van der Waals surface area contributed by atoms with E-state index in [2.05, 4.69) is 27.7 Å². The molecule has 0 saturated carbocycles. The van der Waals surface area contributed by atoms with Crippen molar-refractivity contribution in [3.63, 3.8) is 0 Å². The van der Waals surface area contributed by atoms with Gasteiger partial charge in [-0.25, -0.2) is 8.42 Å². The van der Waals surface area contributed by atoms with Crippen LogP contribution in [0.3, 0.4) is 0 Å². The lowest BCUT2D eigenvalue weighted by atomic mass is 10.3. The number of quaternary nitrogens is 1. The van der Waals surface area contributed by atoms with Crippen LogP contribution in [0.4, 0.5) is 17.6 Å². The summed E-state index contributed by atoms with van der Waals surface area (Å²) >= 11 is 0. The van der Waals surface area contributed by atoms with Gasteiger partial charge in [-0.05, 0) is 27.7 Å². The van der Waals surface area contributed by atoms with E-state index in [-0.39, 0.29) is 0 Å². The third-order valence-electron chi connectivity index (χ3n) is 3.87. The summed E-state index contributed by atoms with van der Waals surface area (Å²) < 4.78 is 78.6. The molecule has 0 aromatic carbocycles. The van der Waals surface area contributed by atoms with Crippen molar-refractivity contribution in [3.8, 4) is 0 Å². The van der Waals surface area contributed by atoms with Gasteiger partial charge in [0.25, 0.3) is 0 Å². The Morgan fingerprint density at radius 2 is 1.14 bits per heavy atom. The molecule has 0 spiro atoms. The van der Waals surface area contributed by atoms with Crippen LogP contribution in [0.15, 0.2) is 0 Å². The smallest absolute Gasteiger partial charge is 0.396 e. The second-order valence-electron chi connectivity index (χ2n) is 4.64. The highest BCUT2D eigenvalue weighted by Gasteiger charge is 2.60. The summed E-state index contributed by atoms with van der Waals surface area (Å²) in [7, 11) is -6.31. The average Bonchev–Trinajstić information content (AvgIpc) is 2.41. The molecule has 0 amide bonds. The second kappa shape index (κ2) is 8.28. The van der Waals surface area contributed by atoms with E-state index in [0.717, 1.165) is 0 Å². The maximum Gasteiger partial charge on any atom is 0.396 e. The van der Waals surface area contributed by atoms with Crippen molar-refractivity contribution in [2.45, 2.75) is 52.2 Å². The maximum atomic E-state index is 12.1. The molecule has 0 atom stereocenters. The molecule has 0 N–H and O–H groups in total. The molecule has 0 radical (unpaired) electrons. The summed E-state index contributed by atoms with van der Waals surface area (Å²) in [6.45, 7) is 14.9. The summed E-state index contributed by atoms with van der Waals surface area (Å²) in [5, 5.41) is -5.53. The molecule has 0 aromatic rings. The minimum Gasteiger partial charge on any atom is -0.743 e. The number of hydrogen-bond donors (Lipinski definition) is 0. The van der Waals surface area contributed by atoms with Crippen molar-refractivity contribution >= 4 is 10.1 Å². The van der Waals surface area contributed by atoms with Crippen molar-refractivity contribution in [1.29, 1.82) is 0 Å². The van der Waals surface area contributed by atoms with E-state index in [9.17, 15) is 30.5 Å². The summed E-state index contributed by atoms with van der Waals surface area (Å²) in [4.78, 5) is 0. The first-order valence-electron chi connectivity index (χ1n) is 6.86. The van der Waals surface area contributed by atoms with Gasteiger partial charge in [0.1, 0.15) is 0 Å². The zero-order chi connectivity index (χ0) is 17.5. The van der Waals surface area contributed by atoms with E-state index < -0.39 is 27.7 Å². The Morgan fingerprint density at radius 1 is 0.857 bits per heavy atom. The molecule has 0 fully saturated rings. The fraction of sp³-hybridized carbons (Fsp3) is 1.00. The molecule has 9 heteroatoms. The molecule has 0 saturated heterocycles. The number of hydrogen-bond acceptors (Lipinski definition) is 3. The molecule has 0 aliphatic heterocycles. The minimum absolute atomic E-state index is 0.652. The van der Waals surface area contributed by atoms with Crippen LogP contribution in [0.2, 0.25) is 0 Å². The highest BCUT2D eigenvalue weighted by Crippen LogP contribution is 2.40. The van der Waals surface area contributed by atoms with Crippen molar-refractivity contribution in [2.75, 3.05) is 26.2 Å². The van der Waals surface area contributed by atoms with Crippen LogP contribution in [0.1, 0.15) is 41.0 Å². The largest absolute Gasteiger partial charge is 0.743 e. The average molecular weight is 339 g/mol. The molecule has 0 aromatic heterocycles. The molecule has 4 nitrogen and oxygen atoms in total. The molecule has 0 bridgehead atoms. The number of alkyl halides is 4. The van der Waals surface area contributed by atoms with Gasteiger partial charge in [0.05, 0.1) is 26.2 Å². The monoisotopic (exact) mass is 339 g/mol. The standard InChI is InChI=1S/C8H20N.C4H6F4O3S/c1-5-9(6-2,7-3)8-4;1-2-3(5,6)4(7,8)12(9,10)11/h5-8H2,1-4H3;2H2,1H3,(H,9,10,11)/q+1;/p-1. The molecule has 0 heterocycles. The third-order valence-corrected chi connectivity index (χ3v) is 4.79. The minimum atomic E-state index is -6.31. The van der Waals surface area contributed by atoms with Gasteiger partial charge in [-0.2, -0.15) is 17.6 Å². The van der Waals surface area contributed by atoms with Gasteiger partial charge in [-0.1, -0.05) is 6.92 Å². The van der Waals surface area contributed by atoms with E-state index in [0.29, 0.717) is 6.92 Å². The lowest BCUT2D eigenvalue weighted by Crippen LogP contribution is -2.47. The zero-order valence-corrected chi connectivity index (χ0v) is 13.9. The summed E-state index contributed by atoms with van der Waals surface area (Å²) in [5.41, 5.74) is 0. The molecule has 130 valence electrons. The van der Waals surface area contributed by atoms with Crippen LogP contribution in [0.5, 0.6) is 0 Å². The molecular formula is C12H25F4NO3S. The fourth-order valence-corrected chi connectivity index (χ4v) is 2.24. The van der Waals surface area contributed by atoms with E-state index >= 15 is 0 Å². The molecule has 0 rings (SSSR count). The van der Waals surface area contributed by atoms with Crippen LogP contribution >= 0.6 is 0 Å². The maximum absolute atomic E-state index is 12.1. The highest BCUT2D eigenvalue weighted by molar-refractivity contribution is 7.86. The van der Waals surface area contributed by atoms with Crippen LogP contribution in [0.25, 0.3) is 0 Å². The lowest BCUT2D eigenvalue weighted by molar-refractivity contribution is -0.921. The van der Waals surface area contributed by atoms with E-state index in [1.807, 2.05) is 0 Å². The Hall–Kier alpha value is -0.410. The highest BCUT2D eigenvalue weighted by atomic mass is 32.2. The van der Waals surface area contributed by atoms with Gasteiger partial charge < -0.3 is 9.04 Å². The Kier molecular flexibility index (Phi) is 9.02. The predicted molar refractivity (Wildman–Crippen MR) is 72.3 cm³/mol. The Balaban J connectivity index is 0. The molecule has 21 heavy (non-hydrogen) atoms. The van der Waals surface area contributed by atoms with Gasteiger partial charge >= 0.3 is 11.2 Å². The Morgan fingerprint density at radius 3 is 1.19 bits per heavy atom. The van der Waals surface area contributed by atoms with Gasteiger partial charge in [0.15, 0.2) is 10.1 Å². The third kappa shape index (κ3) is 5.71.